The Kier molecular flexibility index (Phi) is 3.99. The Hall–Kier alpha value is -0.870. The fourth-order valence-corrected chi connectivity index (χ4v) is 3.39. The van der Waals surface area contributed by atoms with E-state index < -0.39 is 41.3 Å². The number of nitro groups is 1. The number of rotatable bonds is 3. The van der Waals surface area contributed by atoms with Crippen molar-refractivity contribution in [3.8, 4) is 0 Å². The lowest BCUT2D eigenvalue weighted by molar-refractivity contribution is -0.392. The van der Waals surface area contributed by atoms with Crippen molar-refractivity contribution in [1.29, 1.82) is 0 Å². The van der Waals surface area contributed by atoms with Gasteiger partial charge in [0.15, 0.2) is 4.90 Å². The zero-order chi connectivity index (χ0) is 13.4. The Morgan fingerprint density at radius 3 is 2.41 bits per heavy atom. The summed E-state index contributed by atoms with van der Waals surface area (Å²) in [6.07, 6.45) is -3.07. The molecule has 0 bridgehead atoms. The minimum atomic E-state index is -4.48. The van der Waals surface area contributed by atoms with Crippen molar-refractivity contribution in [2.45, 2.75) is 11.3 Å². The first kappa shape index (κ1) is 14.2. The average Bonchev–Trinajstić information content (AvgIpc) is 2.13. The molecule has 1 rings (SSSR count). The van der Waals surface area contributed by atoms with E-state index in [2.05, 4.69) is 20.9 Å². The van der Waals surface area contributed by atoms with Crippen LogP contribution < -0.4 is 0 Å². The summed E-state index contributed by atoms with van der Waals surface area (Å²) in [6, 6.07) is 0.660. The summed E-state index contributed by atoms with van der Waals surface area (Å²) in [6.45, 7) is 0. The van der Waals surface area contributed by atoms with Crippen LogP contribution in [0.5, 0.6) is 0 Å². The van der Waals surface area contributed by atoms with E-state index in [0.717, 1.165) is 0 Å². The predicted octanol–water partition coefficient (Wildman–Crippen LogP) is 2.62. The van der Waals surface area contributed by atoms with Crippen molar-refractivity contribution in [1.82, 2.24) is 4.98 Å². The maximum absolute atomic E-state index is 12.3. The van der Waals surface area contributed by atoms with E-state index in [-0.39, 0.29) is 0 Å². The lowest BCUT2D eigenvalue weighted by atomic mass is 10.3. The van der Waals surface area contributed by atoms with E-state index in [1.54, 1.807) is 0 Å². The second kappa shape index (κ2) is 4.78. The second-order valence-electron chi connectivity index (χ2n) is 2.68. The number of nitrogens with zero attached hydrogens (tertiary/aromatic N) is 2. The van der Waals surface area contributed by atoms with Gasteiger partial charge in [-0.25, -0.2) is 17.2 Å². The first-order chi connectivity index (χ1) is 7.64. The van der Waals surface area contributed by atoms with Gasteiger partial charge in [0.05, 0.1) is 4.47 Å². The van der Waals surface area contributed by atoms with E-state index in [9.17, 15) is 27.3 Å². The molecule has 0 aromatic carbocycles. The second-order valence-corrected chi connectivity index (χ2v) is 6.03. The van der Waals surface area contributed by atoms with Crippen molar-refractivity contribution in [2.24, 2.45) is 0 Å². The molecule has 94 valence electrons. The highest BCUT2D eigenvalue weighted by Crippen LogP contribution is 2.35. The van der Waals surface area contributed by atoms with Crippen molar-refractivity contribution < 1.29 is 22.1 Å². The lowest BCUT2D eigenvalue weighted by Gasteiger charge is -2.03. The summed E-state index contributed by atoms with van der Waals surface area (Å²) in [5.74, 6) is -1.25. The summed E-state index contributed by atoms with van der Waals surface area (Å²) in [5, 5.41) is 10.5. The Balaban J connectivity index is 3.68. The minimum absolute atomic E-state index is 0.440. The highest BCUT2D eigenvalue weighted by Gasteiger charge is 2.32. The molecule has 0 fully saturated rings. The molecule has 0 saturated heterocycles. The van der Waals surface area contributed by atoms with Gasteiger partial charge < -0.3 is 10.1 Å². The molecule has 17 heavy (non-hydrogen) atoms. The largest absolute Gasteiger partial charge is 0.385 e. The fourth-order valence-electron chi connectivity index (χ4n) is 0.969. The number of hydrogen-bond acceptors (Lipinski definition) is 5. The maximum Gasteiger partial charge on any atom is 0.385 e. The monoisotopic (exact) mass is 350 g/mol. The lowest BCUT2D eigenvalue weighted by Crippen LogP contribution is -2.05. The first-order valence-electron chi connectivity index (χ1n) is 3.72. The molecule has 0 amide bonds. The van der Waals surface area contributed by atoms with Gasteiger partial charge in [0.2, 0.25) is 5.69 Å². The summed E-state index contributed by atoms with van der Waals surface area (Å²) >= 11 is 2.63. The van der Waals surface area contributed by atoms with Crippen molar-refractivity contribution in [2.75, 3.05) is 0 Å². The Bertz CT molecular complexity index is 580. The van der Waals surface area contributed by atoms with Crippen LogP contribution in [0.3, 0.4) is 0 Å². The van der Waals surface area contributed by atoms with Crippen LogP contribution in [0.4, 0.5) is 14.6 Å². The van der Waals surface area contributed by atoms with E-state index in [1.165, 1.54) is 0 Å². The molecule has 0 saturated carbocycles. The summed E-state index contributed by atoms with van der Waals surface area (Å²) < 4.78 is 46.3. The molecule has 1 aromatic rings. The van der Waals surface area contributed by atoms with Crippen LogP contribution in [0.2, 0.25) is 0 Å². The molecule has 1 heterocycles. The zero-order valence-electron chi connectivity index (χ0n) is 7.60. The molecule has 0 N–H and O–H groups in total. The van der Waals surface area contributed by atoms with Crippen LogP contribution in [0, 0.1) is 10.1 Å². The van der Waals surface area contributed by atoms with Crippen LogP contribution in [0.15, 0.2) is 15.4 Å². The van der Waals surface area contributed by atoms with E-state index in [1.807, 2.05) is 0 Å². The molecule has 0 aliphatic rings. The van der Waals surface area contributed by atoms with Crippen molar-refractivity contribution in [3.05, 3.63) is 26.3 Å². The van der Waals surface area contributed by atoms with Crippen LogP contribution in [-0.2, 0) is 9.05 Å². The maximum atomic E-state index is 12.3. The number of alkyl halides is 2. The topological polar surface area (TPSA) is 90.2 Å². The van der Waals surface area contributed by atoms with Crippen molar-refractivity contribution >= 4 is 41.5 Å². The molecule has 6 nitrogen and oxygen atoms in total. The minimum Gasteiger partial charge on any atom is -0.358 e. The SMILES string of the molecule is O=[N+]([O-])c1nc(C(F)F)cc(Br)c1S(=O)(=O)Cl. The van der Waals surface area contributed by atoms with Gasteiger partial charge in [-0.1, -0.05) is 0 Å². The van der Waals surface area contributed by atoms with Gasteiger partial charge in [-0.2, -0.15) is 0 Å². The number of hydrogen-bond donors (Lipinski definition) is 0. The van der Waals surface area contributed by atoms with Crippen LogP contribution >= 0.6 is 26.6 Å². The molecule has 1 aromatic heterocycles. The summed E-state index contributed by atoms with van der Waals surface area (Å²) in [5.41, 5.74) is -0.923. The smallest absolute Gasteiger partial charge is 0.358 e. The number of pyridine rings is 1. The molecule has 0 unspecified atom stereocenters. The standard InChI is InChI=1S/C6H2BrClF2N2O4S/c7-2-1-3(5(9)10)11-6(12(13)14)4(2)17(8,15)16/h1,5H. The van der Waals surface area contributed by atoms with Crippen LogP contribution in [0.1, 0.15) is 12.1 Å². The summed E-state index contributed by atoms with van der Waals surface area (Å²) in [7, 11) is 0.480. The normalized spacial score (nSPS) is 11.8. The third-order valence-electron chi connectivity index (χ3n) is 1.57. The van der Waals surface area contributed by atoms with Gasteiger partial charge in [0.25, 0.3) is 9.05 Å². The third-order valence-corrected chi connectivity index (χ3v) is 3.81. The summed E-state index contributed by atoms with van der Waals surface area (Å²) in [4.78, 5) is 11.4. The van der Waals surface area contributed by atoms with E-state index in [0.29, 0.717) is 6.07 Å². The molecular weight excluding hydrogens is 349 g/mol. The van der Waals surface area contributed by atoms with E-state index >= 15 is 0 Å². The molecule has 0 spiro atoms. The van der Waals surface area contributed by atoms with Gasteiger partial charge in [-0.15, -0.1) is 0 Å². The Morgan fingerprint density at radius 1 is 1.53 bits per heavy atom. The van der Waals surface area contributed by atoms with Crippen LogP contribution in [0.25, 0.3) is 0 Å². The molecule has 0 atom stereocenters. The molecule has 0 radical (unpaired) electrons. The van der Waals surface area contributed by atoms with E-state index in [4.69, 9.17) is 10.7 Å². The first-order valence-corrected chi connectivity index (χ1v) is 6.82. The Labute approximate surface area is 106 Å². The zero-order valence-corrected chi connectivity index (χ0v) is 10.8. The molecule has 0 aliphatic heterocycles. The van der Waals surface area contributed by atoms with Gasteiger partial charge in [0.1, 0.15) is 0 Å². The predicted molar refractivity (Wildman–Crippen MR) is 56.6 cm³/mol. The van der Waals surface area contributed by atoms with Gasteiger partial charge in [0, 0.05) is 16.7 Å². The molecule has 11 heteroatoms. The fraction of sp³-hybridized carbons (Fsp3) is 0.167. The van der Waals surface area contributed by atoms with Crippen LogP contribution in [-0.4, -0.2) is 18.3 Å². The number of aromatic nitrogens is 1. The van der Waals surface area contributed by atoms with Gasteiger partial charge in [-0.3, -0.25) is 0 Å². The van der Waals surface area contributed by atoms with Crippen molar-refractivity contribution in [3.63, 3.8) is 0 Å². The highest BCUT2D eigenvalue weighted by molar-refractivity contribution is 9.10. The van der Waals surface area contributed by atoms with Gasteiger partial charge >= 0.3 is 12.2 Å². The van der Waals surface area contributed by atoms with Gasteiger partial charge in [-0.05, 0) is 25.8 Å². The molecule has 0 aliphatic carbocycles. The third kappa shape index (κ3) is 3.07. The number of halogens is 4. The molecular formula is C6H2BrClF2N2O4S. The quantitative estimate of drug-likeness (QED) is 0.474. The Morgan fingerprint density at radius 2 is 2.06 bits per heavy atom. The highest BCUT2D eigenvalue weighted by atomic mass is 79.9. The average molecular weight is 352 g/mol.